The number of aromatic nitrogens is 6. The first kappa shape index (κ1) is 11.6. The number of nitrogens with zero attached hydrogens (tertiary/aromatic N) is 6. The van der Waals surface area contributed by atoms with Gasteiger partial charge in [-0.3, -0.25) is 0 Å². The number of aryl methyl sites for hydroxylation is 2. The number of fused-ring (bicyclic) bond motifs is 1. The average Bonchev–Trinajstić information content (AvgIpc) is 2.97. The van der Waals surface area contributed by atoms with Crippen LogP contribution in [0.4, 0.5) is 5.95 Å². The highest BCUT2D eigenvalue weighted by molar-refractivity contribution is 5.44. The Bertz CT molecular complexity index is 697. The van der Waals surface area contributed by atoms with E-state index in [0.717, 1.165) is 30.1 Å². The highest BCUT2D eigenvalue weighted by Gasteiger charge is 2.05. The van der Waals surface area contributed by atoms with E-state index < -0.39 is 0 Å². The van der Waals surface area contributed by atoms with E-state index in [-0.39, 0.29) is 0 Å². The smallest absolute Gasteiger partial charge is 0.243 e. The van der Waals surface area contributed by atoms with Crippen molar-refractivity contribution in [3.63, 3.8) is 0 Å². The van der Waals surface area contributed by atoms with Gasteiger partial charge in [0.2, 0.25) is 5.95 Å². The highest BCUT2D eigenvalue weighted by atomic mass is 15.4. The van der Waals surface area contributed by atoms with E-state index >= 15 is 0 Å². The number of rotatable bonds is 4. The Hall–Kier alpha value is -2.44. The van der Waals surface area contributed by atoms with Gasteiger partial charge in [0.25, 0.3) is 0 Å². The van der Waals surface area contributed by atoms with Crippen molar-refractivity contribution in [3.8, 4) is 0 Å². The topological polar surface area (TPSA) is 72.9 Å². The second-order valence-corrected chi connectivity index (χ2v) is 4.41. The minimum absolute atomic E-state index is 0.636. The summed E-state index contributed by atoms with van der Waals surface area (Å²) in [4.78, 5) is 4.41. The lowest BCUT2D eigenvalue weighted by atomic mass is 10.4. The van der Waals surface area contributed by atoms with Gasteiger partial charge >= 0.3 is 0 Å². The molecule has 0 aliphatic heterocycles. The molecule has 3 heterocycles. The Morgan fingerprint density at radius 1 is 1.32 bits per heavy atom. The van der Waals surface area contributed by atoms with Gasteiger partial charge in [-0.2, -0.15) is 4.98 Å². The van der Waals surface area contributed by atoms with Crippen LogP contribution in [0.25, 0.3) is 5.65 Å². The molecule has 0 saturated heterocycles. The van der Waals surface area contributed by atoms with Gasteiger partial charge in [0.1, 0.15) is 12.2 Å². The molecule has 0 atom stereocenters. The predicted octanol–water partition coefficient (Wildman–Crippen LogP) is 0.821. The molecule has 0 aliphatic carbocycles. The molecule has 98 valence electrons. The minimum atomic E-state index is 0.636. The van der Waals surface area contributed by atoms with E-state index in [1.165, 1.54) is 0 Å². The Morgan fingerprint density at radius 3 is 2.95 bits per heavy atom. The summed E-state index contributed by atoms with van der Waals surface area (Å²) in [5.41, 5.74) is 1.91. The molecule has 3 rings (SSSR count). The molecule has 19 heavy (non-hydrogen) atoms. The van der Waals surface area contributed by atoms with E-state index in [9.17, 15) is 0 Å². The molecule has 0 saturated carbocycles. The van der Waals surface area contributed by atoms with Gasteiger partial charge in [-0.15, -0.1) is 15.3 Å². The molecule has 0 spiro atoms. The molecule has 7 heteroatoms. The van der Waals surface area contributed by atoms with Gasteiger partial charge < -0.3 is 9.88 Å². The Morgan fingerprint density at radius 2 is 2.21 bits per heavy atom. The second kappa shape index (κ2) is 4.68. The first-order valence-corrected chi connectivity index (χ1v) is 6.13. The SMILES string of the molecule is Cc1cccc2nc(NCCc3nncn3C)nn12. The molecular weight excluding hydrogens is 242 g/mol. The van der Waals surface area contributed by atoms with Crippen LogP contribution in [0.15, 0.2) is 24.5 Å². The molecule has 7 nitrogen and oxygen atoms in total. The lowest BCUT2D eigenvalue weighted by Gasteiger charge is -2.01. The predicted molar refractivity (Wildman–Crippen MR) is 70.9 cm³/mol. The summed E-state index contributed by atoms with van der Waals surface area (Å²) < 4.78 is 3.73. The molecule has 3 aromatic rings. The van der Waals surface area contributed by atoms with E-state index in [1.54, 1.807) is 6.33 Å². The lowest BCUT2D eigenvalue weighted by Crippen LogP contribution is -2.09. The van der Waals surface area contributed by atoms with Crippen molar-refractivity contribution in [3.05, 3.63) is 36.0 Å². The molecule has 0 radical (unpaired) electrons. The maximum absolute atomic E-state index is 4.41. The molecule has 0 aliphatic rings. The van der Waals surface area contributed by atoms with Crippen molar-refractivity contribution < 1.29 is 0 Å². The quantitative estimate of drug-likeness (QED) is 0.749. The molecule has 0 unspecified atom stereocenters. The fourth-order valence-electron chi connectivity index (χ4n) is 1.93. The molecule has 3 aromatic heterocycles. The molecule has 1 N–H and O–H groups in total. The molecule has 0 bridgehead atoms. The zero-order chi connectivity index (χ0) is 13.2. The molecule has 0 fully saturated rings. The standard InChI is InChI=1S/C12H15N7/c1-9-4-3-5-10-15-12(17-19(9)10)13-7-6-11-16-14-8-18(11)2/h3-5,8H,6-7H2,1-2H3,(H,13,17). The Balaban J connectivity index is 1.69. The van der Waals surface area contributed by atoms with E-state index in [1.807, 2.05) is 41.3 Å². The summed E-state index contributed by atoms with van der Waals surface area (Å²) in [6.07, 6.45) is 2.48. The molecule has 0 aromatic carbocycles. The summed E-state index contributed by atoms with van der Waals surface area (Å²) >= 11 is 0. The molecular formula is C12H15N7. The van der Waals surface area contributed by atoms with Crippen molar-refractivity contribution in [1.82, 2.24) is 29.4 Å². The van der Waals surface area contributed by atoms with Crippen molar-refractivity contribution >= 4 is 11.6 Å². The van der Waals surface area contributed by atoms with Crippen molar-refractivity contribution in [2.24, 2.45) is 7.05 Å². The lowest BCUT2D eigenvalue weighted by molar-refractivity contribution is 0.785. The maximum atomic E-state index is 4.41. The summed E-state index contributed by atoms with van der Waals surface area (Å²) in [5, 5.41) is 15.5. The minimum Gasteiger partial charge on any atom is -0.352 e. The van der Waals surface area contributed by atoms with Crippen LogP contribution in [0.3, 0.4) is 0 Å². The number of nitrogens with one attached hydrogen (secondary N) is 1. The fourth-order valence-corrected chi connectivity index (χ4v) is 1.93. The van der Waals surface area contributed by atoms with Gasteiger partial charge in [0, 0.05) is 25.7 Å². The first-order valence-electron chi connectivity index (χ1n) is 6.13. The summed E-state index contributed by atoms with van der Waals surface area (Å²) in [7, 11) is 1.93. The van der Waals surface area contributed by atoms with Crippen LogP contribution in [0.2, 0.25) is 0 Å². The normalized spacial score (nSPS) is 11.1. The number of anilines is 1. The summed E-state index contributed by atoms with van der Waals surface area (Å²) in [5.74, 6) is 1.57. The van der Waals surface area contributed by atoms with Gasteiger partial charge in [0.05, 0.1) is 0 Å². The van der Waals surface area contributed by atoms with Gasteiger partial charge in [0.15, 0.2) is 5.65 Å². The van der Waals surface area contributed by atoms with E-state index in [2.05, 4.69) is 25.6 Å². The number of pyridine rings is 1. The zero-order valence-corrected chi connectivity index (χ0v) is 10.9. The maximum Gasteiger partial charge on any atom is 0.243 e. The number of hydrogen-bond donors (Lipinski definition) is 1. The summed E-state index contributed by atoms with van der Waals surface area (Å²) in [6.45, 7) is 2.73. The fraction of sp³-hybridized carbons (Fsp3) is 0.333. The van der Waals surface area contributed by atoms with Crippen LogP contribution < -0.4 is 5.32 Å². The zero-order valence-electron chi connectivity index (χ0n) is 10.9. The highest BCUT2D eigenvalue weighted by Crippen LogP contribution is 2.07. The Labute approximate surface area is 110 Å². The Kier molecular flexibility index (Phi) is 2.86. The van der Waals surface area contributed by atoms with E-state index in [4.69, 9.17) is 0 Å². The average molecular weight is 257 g/mol. The van der Waals surface area contributed by atoms with Crippen LogP contribution in [0, 0.1) is 6.92 Å². The van der Waals surface area contributed by atoms with Crippen LogP contribution in [-0.2, 0) is 13.5 Å². The van der Waals surface area contributed by atoms with Gasteiger partial charge in [-0.05, 0) is 19.1 Å². The van der Waals surface area contributed by atoms with Crippen molar-refractivity contribution in [2.45, 2.75) is 13.3 Å². The van der Waals surface area contributed by atoms with Crippen molar-refractivity contribution in [1.29, 1.82) is 0 Å². The third-order valence-corrected chi connectivity index (χ3v) is 2.99. The number of hydrogen-bond acceptors (Lipinski definition) is 5. The second-order valence-electron chi connectivity index (χ2n) is 4.41. The van der Waals surface area contributed by atoms with Crippen LogP contribution >= 0.6 is 0 Å². The van der Waals surface area contributed by atoms with Gasteiger partial charge in [-0.1, -0.05) is 6.07 Å². The van der Waals surface area contributed by atoms with E-state index in [0.29, 0.717) is 5.95 Å². The van der Waals surface area contributed by atoms with Crippen LogP contribution in [0.1, 0.15) is 11.5 Å². The van der Waals surface area contributed by atoms with Gasteiger partial charge in [-0.25, -0.2) is 4.52 Å². The third kappa shape index (κ3) is 2.26. The van der Waals surface area contributed by atoms with Crippen LogP contribution in [-0.4, -0.2) is 35.9 Å². The largest absolute Gasteiger partial charge is 0.352 e. The van der Waals surface area contributed by atoms with Crippen LogP contribution in [0.5, 0.6) is 0 Å². The monoisotopic (exact) mass is 257 g/mol. The first-order chi connectivity index (χ1) is 9.24. The van der Waals surface area contributed by atoms with Crippen molar-refractivity contribution in [2.75, 3.05) is 11.9 Å². The third-order valence-electron chi connectivity index (χ3n) is 2.99. The molecule has 0 amide bonds. The summed E-state index contributed by atoms with van der Waals surface area (Å²) in [6, 6.07) is 5.92.